The lowest BCUT2D eigenvalue weighted by molar-refractivity contribution is 0.590. The average Bonchev–Trinajstić information content (AvgIpc) is 3.57. The quantitative estimate of drug-likeness (QED) is 0.160. The predicted octanol–water partition coefficient (Wildman–Crippen LogP) is 15.8. The van der Waals surface area contributed by atoms with Gasteiger partial charge in [-0.25, -0.2) is 0 Å². The number of hydrogen-bond acceptors (Lipinski definition) is 2. The highest BCUT2D eigenvalue weighted by atomic mass is 32.1. The molecule has 8 aromatic carbocycles. The summed E-state index contributed by atoms with van der Waals surface area (Å²) in [4.78, 5) is 2.44. The molecule has 0 spiro atoms. The smallest absolute Gasteiger partial charge is 0.0554 e. The van der Waals surface area contributed by atoms with Crippen LogP contribution in [-0.2, 0) is 10.8 Å². The summed E-state index contributed by atoms with van der Waals surface area (Å²) in [5.74, 6) is 0. The van der Waals surface area contributed by atoms with E-state index in [-0.39, 0.29) is 10.8 Å². The fourth-order valence-corrected chi connectivity index (χ4v) is 9.05. The molecular formula is C52H45NS. The van der Waals surface area contributed by atoms with Gasteiger partial charge in [-0.05, 0) is 120 Å². The SMILES string of the molecule is CC(C)(C)c1ccc2c(c1)cc(-c1ccc(N(c3ccc(-c4ccccc4)cc3)c3cccc4sc5ccccc5c34)cc1)c1cc(C(C)(C)C)ccc12. The lowest BCUT2D eigenvalue weighted by atomic mass is 9.82. The van der Waals surface area contributed by atoms with Crippen LogP contribution in [0.3, 0.4) is 0 Å². The molecular weight excluding hydrogens is 671 g/mol. The summed E-state index contributed by atoms with van der Waals surface area (Å²) in [6.07, 6.45) is 0. The summed E-state index contributed by atoms with van der Waals surface area (Å²) in [5, 5.41) is 7.78. The van der Waals surface area contributed by atoms with Crippen LogP contribution in [0, 0.1) is 0 Å². The van der Waals surface area contributed by atoms with E-state index in [0.717, 1.165) is 11.4 Å². The van der Waals surface area contributed by atoms with E-state index >= 15 is 0 Å². The van der Waals surface area contributed by atoms with Gasteiger partial charge in [0.25, 0.3) is 0 Å². The third-order valence-electron chi connectivity index (χ3n) is 11.0. The molecule has 1 heterocycles. The molecule has 2 heteroatoms. The van der Waals surface area contributed by atoms with E-state index in [9.17, 15) is 0 Å². The molecule has 9 aromatic rings. The van der Waals surface area contributed by atoms with E-state index in [1.807, 2.05) is 11.3 Å². The Morgan fingerprint density at radius 1 is 0.407 bits per heavy atom. The van der Waals surface area contributed by atoms with E-state index in [2.05, 4.69) is 210 Å². The molecule has 9 rings (SSSR count). The van der Waals surface area contributed by atoms with Crippen molar-refractivity contribution in [2.75, 3.05) is 4.90 Å². The Balaban J connectivity index is 1.23. The minimum absolute atomic E-state index is 0.0454. The van der Waals surface area contributed by atoms with Crippen molar-refractivity contribution in [3.8, 4) is 22.3 Å². The second-order valence-corrected chi connectivity index (χ2v) is 17.7. The van der Waals surface area contributed by atoms with E-state index in [1.54, 1.807) is 0 Å². The summed E-state index contributed by atoms with van der Waals surface area (Å²) in [5.41, 5.74) is 11.2. The zero-order chi connectivity index (χ0) is 37.2. The zero-order valence-electron chi connectivity index (χ0n) is 31.9. The third-order valence-corrected chi connectivity index (χ3v) is 12.1. The Morgan fingerprint density at radius 2 is 0.981 bits per heavy atom. The molecule has 264 valence electrons. The Bertz CT molecular complexity index is 2810. The minimum atomic E-state index is 0.0454. The molecule has 0 amide bonds. The van der Waals surface area contributed by atoms with Crippen LogP contribution in [0.2, 0.25) is 0 Å². The first-order valence-corrected chi connectivity index (χ1v) is 19.8. The van der Waals surface area contributed by atoms with Crippen LogP contribution >= 0.6 is 11.3 Å². The van der Waals surface area contributed by atoms with Gasteiger partial charge >= 0.3 is 0 Å². The van der Waals surface area contributed by atoms with Gasteiger partial charge in [-0.2, -0.15) is 0 Å². The van der Waals surface area contributed by atoms with Crippen molar-refractivity contribution in [3.63, 3.8) is 0 Å². The number of hydrogen-bond donors (Lipinski definition) is 0. The highest BCUT2D eigenvalue weighted by molar-refractivity contribution is 7.26. The van der Waals surface area contributed by atoms with Gasteiger partial charge < -0.3 is 4.90 Å². The van der Waals surface area contributed by atoms with Crippen LogP contribution in [0.4, 0.5) is 17.1 Å². The number of anilines is 3. The third kappa shape index (κ3) is 6.05. The molecule has 0 aliphatic carbocycles. The fraction of sp³-hybridized carbons (Fsp3) is 0.154. The first-order chi connectivity index (χ1) is 26.0. The predicted molar refractivity (Wildman–Crippen MR) is 237 cm³/mol. The highest BCUT2D eigenvalue weighted by Gasteiger charge is 2.21. The van der Waals surface area contributed by atoms with Gasteiger partial charge in [0.1, 0.15) is 0 Å². The van der Waals surface area contributed by atoms with Crippen molar-refractivity contribution in [3.05, 3.63) is 175 Å². The van der Waals surface area contributed by atoms with Crippen molar-refractivity contribution < 1.29 is 0 Å². The van der Waals surface area contributed by atoms with Gasteiger partial charge in [0.2, 0.25) is 0 Å². The summed E-state index contributed by atoms with van der Waals surface area (Å²) >= 11 is 1.86. The Kier molecular flexibility index (Phi) is 8.21. The van der Waals surface area contributed by atoms with E-state index in [1.165, 1.54) is 80.8 Å². The number of rotatable bonds is 5. The summed E-state index contributed by atoms with van der Waals surface area (Å²) in [6.45, 7) is 13.8. The molecule has 0 fully saturated rings. The maximum atomic E-state index is 2.44. The zero-order valence-corrected chi connectivity index (χ0v) is 32.8. The number of benzene rings is 8. The molecule has 0 aliphatic rings. The lowest BCUT2D eigenvalue weighted by Gasteiger charge is -2.27. The fourth-order valence-electron chi connectivity index (χ4n) is 7.93. The Hall–Kier alpha value is -5.70. The van der Waals surface area contributed by atoms with Gasteiger partial charge in [-0.1, -0.05) is 151 Å². The van der Waals surface area contributed by atoms with Crippen LogP contribution in [0.15, 0.2) is 164 Å². The molecule has 0 saturated heterocycles. The molecule has 0 aliphatic heterocycles. The van der Waals surface area contributed by atoms with Gasteiger partial charge in [-0.3, -0.25) is 0 Å². The maximum Gasteiger partial charge on any atom is 0.0554 e. The number of fused-ring (bicyclic) bond motifs is 6. The van der Waals surface area contributed by atoms with Crippen LogP contribution in [-0.4, -0.2) is 0 Å². The van der Waals surface area contributed by atoms with Crippen LogP contribution in [0.25, 0.3) is 64.0 Å². The normalized spacial score (nSPS) is 12.3. The lowest BCUT2D eigenvalue weighted by Crippen LogP contribution is -2.11. The number of nitrogens with zero attached hydrogens (tertiary/aromatic N) is 1. The first kappa shape index (κ1) is 34.1. The van der Waals surface area contributed by atoms with E-state index < -0.39 is 0 Å². The van der Waals surface area contributed by atoms with E-state index in [4.69, 9.17) is 0 Å². The van der Waals surface area contributed by atoms with Crippen molar-refractivity contribution in [1.82, 2.24) is 0 Å². The van der Waals surface area contributed by atoms with Crippen LogP contribution in [0.1, 0.15) is 52.7 Å². The maximum absolute atomic E-state index is 2.44. The Morgan fingerprint density at radius 3 is 1.67 bits per heavy atom. The first-order valence-electron chi connectivity index (χ1n) is 19.0. The second-order valence-electron chi connectivity index (χ2n) is 16.7. The minimum Gasteiger partial charge on any atom is -0.310 e. The molecule has 0 saturated carbocycles. The standard InChI is InChI=1S/C52H45NS/c1-51(2,3)38-23-29-42-37(31-38)32-45(46-33-39(52(4,5)6)24-30-43(42)46)36-21-27-41(28-22-36)53(40-25-19-35(20-26-40)34-13-8-7-9-14-34)47-16-12-18-49-50(47)44-15-10-11-17-48(44)54-49/h7-33H,1-6H3. The molecule has 1 aromatic heterocycles. The van der Waals surface area contributed by atoms with Crippen LogP contribution < -0.4 is 4.90 Å². The average molecular weight is 716 g/mol. The summed E-state index contributed by atoms with van der Waals surface area (Å²) < 4.78 is 2.60. The molecule has 0 bridgehead atoms. The Labute approximate surface area is 323 Å². The van der Waals surface area contributed by atoms with Crippen LogP contribution in [0.5, 0.6) is 0 Å². The van der Waals surface area contributed by atoms with E-state index in [0.29, 0.717) is 0 Å². The topological polar surface area (TPSA) is 3.24 Å². The molecule has 0 radical (unpaired) electrons. The molecule has 0 N–H and O–H groups in total. The summed E-state index contributed by atoms with van der Waals surface area (Å²) in [7, 11) is 0. The van der Waals surface area contributed by atoms with Crippen molar-refractivity contribution in [1.29, 1.82) is 0 Å². The molecule has 1 nitrogen and oxygen atoms in total. The van der Waals surface area contributed by atoms with Gasteiger partial charge in [0.05, 0.1) is 5.69 Å². The largest absolute Gasteiger partial charge is 0.310 e. The molecule has 54 heavy (non-hydrogen) atoms. The molecule has 0 atom stereocenters. The number of thiophene rings is 1. The summed E-state index contributed by atoms with van der Waals surface area (Å²) in [6, 6.07) is 61.0. The van der Waals surface area contributed by atoms with Crippen molar-refractivity contribution >= 4 is 70.1 Å². The highest BCUT2D eigenvalue weighted by Crippen LogP contribution is 2.46. The van der Waals surface area contributed by atoms with Gasteiger partial charge in [0, 0.05) is 31.5 Å². The van der Waals surface area contributed by atoms with Crippen molar-refractivity contribution in [2.24, 2.45) is 0 Å². The van der Waals surface area contributed by atoms with Gasteiger partial charge in [-0.15, -0.1) is 11.3 Å². The van der Waals surface area contributed by atoms with Crippen molar-refractivity contribution in [2.45, 2.75) is 52.4 Å². The second kappa shape index (κ2) is 13.0. The monoisotopic (exact) mass is 715 g/mol. The van der Waals surface area contributed by atoms with Gasteiger partial charge in [0.15, 0.2) is 0 Å². The molecule has 0 unspecified atom stereocenters.